The summed E-state index contributed by atoms with van der Waals surface area (Å²) in [6.07, 6.45) is 7.33. The van der Waals surface area contributed by atoms with Crippen LogP contribution in [-0.2, 0) is 28.3 Å². The van der Waals surface area contributed by atoms with Crippen LogP contribution in [0.25, 0.3) is 0 Å². The van der Waals surface area contributed by atoms with Gasteiger partial charge in [-0.05, 0) is 68.1 Å². The molecule has 1 spiro atoms. The minimum atomic E-state index is -1.10. The Morgan fingerprint density at radius 2 is 1.95 bits per heavy atom. The van der Waals surface area contributed by atoms with Crippen LogP contribution in [0.15, 0.2) is 60.1 Å². The van der Waals surface area contributed by atoms with E-state index in [1.807, 2.05) is 24.5 Å². The molecule has 4 heterocycles. The van der Waals surface area contributed by atoms with E-state index in [-0.39, 0.29) is 17.9 Å². The predicted molar refractivity (Wildman–Crippen MR) is 134 cm³/mol. The van der Waals surface area contributed by atoms with Gasteiger partial charge in [-0.3, -0.25) is 14.9 Å². The van der Waals surface area contributed by atoms with Crippen LogP contribution in [0.4, 0.5) is 8.78 Å². The van der Waals surface area contributed by atoms with E-state index in [4.69, 9.17) is 9.57 Å². The lowest BCUT2D eigenvalue weighted by Crippen LogP contribution is -2.42. The van der Waals surface area contributed by atoms with Crippen LogP contribution < -0.4 is 0 Å². The maximum Gasteiger partial charge on any atom is 0.159 e. The molecule has 0 amide bonds. The second-order valence-electron chi connectivity index (χ2n) is 10.3. The van der Waals surface area contributed by atoms with Gasteiger partial charge < -0.3 is 14.7 Å². The first kappa shape index (κ1) is 25.4. The second kappa shape index (κ2) is 10.2. The molecule has 7 nitrogen and oxygen atoms in total. The minimum Gasteiger partial charge on any atom is -0.392 e. The average molecular weight is 509 g/mol. The highest BCUT2D eigenvalue weighted by atomic mass is 19.2. The molecule has 1 aromatic carbocycles. The number of aromatic nitrogens is 2. The van der Waals surface area contributed by atoms with Gasteiger partial charge in [-0.1, -0.05) is 11.2 Å². The molecule has 0 radical (unpaired) electrons. The Morgan fingerprint density at radius 1 is 1.14 bits per heavy atom. The number of piperidine rings is 1. The molecule has 0 atom stereocenters. The van der Waals surface area contributed by atoms with Crippen LogP contribution in [0, 0.1) is 11.6 Å². The second-order valence-corrected chi connectivity index (χ2v) is 10.3. The number of oxime groups is 1. The molecule has 2 aliphatic rings. The van der Waals surface area contributed by atoms with Gasteiger partial charge in [0.2, 0.25) is 0 Å². The lowest BCUT2D eigenvalue weighted by atomic mass is 9.84. The van der Waals surface area contributed by atoms with E-state index < -0.39 is 17.2 Å². The smallest absolute Gasteiger partial charge is 0.159 e. The van der Waals surface area contributed by atoms with Gasteiger partial charge in [-0.2, -0.15) is 0 Å². The monoisotopic (exact) mass is 508 g/mol. The molecule has 3 aromatic rings. The fourth-order valence-electron chi connectivity index (χ4n) is 4.80. The summed E-state index contributed by atoms with van der Waals surface area (Å²) in [5.74, 6) is -1.94. The summed E-state index contributed by atoms with van der Waals surface area (Å²) >= 11 is 0. The van der Waals surface area contributed by atoms with Crippen molar-refractivity contribution in [3.05, 3.63) is 94.6 Å². The highest BCUT2D eigenvalue weighted by Crippen LogP contribution is 2.43. The van der Waals surface area contributed by atoms with Crippen molar-refractivity contribution < 1.29 is 23.5 Å². The van der Waals surface area contributed by atoms with Crippen LogP contribution in [0.2, 0.25) is 0 Å². The number of aliphatic hydroxyl groups is 1. The molecule has 5 rings (SSSR count). The number of ether oxygens (including phenoxy) is 1. The SMILES string of the molecule is CC(C)(O)CON=C(c1ccc(F)c(F)c1)c1ccc(CN2CCC3(CC2)OCc2ccncc23)cn1. The maximum absolute atomic E-state index is 13.9. The van der Waals surface area contributed by atoms with Gasteiger partial charge in [0, 0.05) is 49.4 Å². The fourth-order valence-corrected chi connectivity index (χ4v) is 4.80. The van der Waals surface area contributed by atoms with E-state index in [9.17, 15) is 13.9 Å². The number of fused-ring (bicyclic) bond motifs is 2. The van der Waals surface area contributed by atoms with E-state index in [1.54, 1.807) is 26.1 Å². The molecule has 2 aliphatic heterocycles. The Bertz CT molecular complexity index is 1280. The van der Waals surface area contributed by atoms with Crippen molar-refractivity contribution in [2.45, 2.75) is 51.0 Å². The molecule has 9 heteroatoms. The van der Waals surface area contributed by atoms with Crippen molar-refractivity contribution in [3.63, 3.8) is 0 Å². The van der Waals surface area contributed by atoms with Gasteiger partial charge in [0.25, 0.3) is 0 Å². The molecular formula is C28H30F2N4O3. The fraction of sp³-hybridized carbons (Fsp3) is 0.393. The zero-order valence-electron chi connectivity index (χ0n) is 21.0. The summed E-state index contributed by atoms with van der Waals surface area (Å²) in [5, 5.41) is 14.0. The summed E-state index contributed by atoms with van der Waals surface area (Å²) < 4.78 is 33.7. The quantitative estimate of drug-likeness (QED) is 0.378. The lowest BCUT2D eigenvalue weighted by molar-refractivity contribution is -0.0800. The molecule has 0 saturated carbocycles. The summed E-state index contributed by atoms with van der Waals surface area (Å²) in [4.78, 5) is 16.5. The van der Waals surface area contributed by atoms with Crippen molar-refractivity contribution in [1.82, 2.24) is 14.9 Å². The third-order valence-corrected chi connectivity index (χ3v) is 6.81. The third kappa shape index (κ3) is 5.69. The molecule has 0 unspecified atom stereocenters. The van der Waals surface area contributed by atoms with E-state index in [2.05, 4.69) is 20.0 Å². The van der Waals surface area contributed by atoms with Crippen molar-refractivity contribution in [1.29, 1.82) is 0 Å². The zero-order valence-corrected chi connectivity index (χ0v) is 21.0. The Balaban J connectivity index is 1.28. The molecular weight excluding hydrogens is 478 g/mol. The third-order valence-electron chi connectivity index (χ3n) is 6.81. The number of likely N-dealkylation sites (tertiary alicyclic amines) is 1. The van der Waals surface area contributed by atoms with Gasteiger partial charge in [-0.25, -0.2) is 8.78 Å². The highest BCUT2D eigenvalue weighted by Gasteiger charge is 2.42. The number of pyridine rings is 2. The molecule has 194 valence electrons. The van der Waals surface area contributed by atoms with Gasteiger partial charge in [0.05, 0.1) is 23.5 Å². The summed E-state index contributed by atoms with van der Waals surface area (Å²) in [7, 11) is 0. The molecule has 37 heavy (non-hydrogen) atoms. The first-order valence-corrected chi connectivity index (χ1v) is 12.4. The minimum absolute atomic E-state index is 0.0705. The van der Waals surface area contributed by atoms with Crippen molar-refractivity contribution in [2.24, 2.45) is 5.16 Å². The highest BCUT2D eigenvalue weighted by molar-refractivity contribution is 6.11. The number of rotatable bonds is 7. The Morgan fingerprint density at radius 3 is 2.65 bits per heavy atom. The summed E-state index contributed by atoms with van der Waals surface area (Å²) in [6, 6.07) is 9.29. The van der Waals surface area contributed by atoms with Crippen LogP contribution in [0.5, 0.6) is 0 Å². The molecule has 1 saturated heterocycles. The van der Waals surface area contributed by atoms with Crippen LogP contribution in [0.3, 0.4) is 0 Å². The zero-order chi connectivity index (χ0) is 26.0. The number of halogens is 2. The van der Waals surface area contributed by atoms with Crippen LogP contribution >= 0.6 is 0 Å². The van der Waals surface area contributed by atoms with E-state index in [1.165, 1.54) is 17.2 Å². The molecule has 1 fully saturated rings. The predicted octanol–water partition coefficient (Wildman–Crippen LogP) is 4.32. The van der Waals surface area contributed by atoms with Crippen molar-refractivity contribution >= 4 is 5.71 Å². The van der Waals surface area contributed by atoms with Crippen LogP contribution in [0.1, 0.15) is 54.6 Å². The van der Waals surface area contributed by atoms with Gasteiger partial charge in [0.15, 0.2) is 11.6 Å². The molecule has 1 N–H and O–H groups in total. The van der Waals surface area contributed by atoms with E-state index in [0.29, 0.717) is 17.9 Å². The first-order chi connectivity index (χ1) is 17.7. The number of benzene rings is 1. The molecule has 0 bridgehead atoms. The average Bonchev–Trinajstić information content (AvgIpc) is 3.23. The molecule has 0 aliphatic carbocycles. The Labute approximate surface area is 214 Å². The standard InChI is InChI=1S/C28H30F2N4O3/c1-27(2,35)18-37-33-26(20-4-5-23(29)24(30)13-20)25-6-3-19(14-32-25)16-34-11-8-28(9-12-34)22-15-31-10-7-21(22)17-36-28/h3-7,10,13-15,35H,8-9,11-12,16-18H2,1-2H3. The Hall–Kier alpha value is -3.27. The van der Waals surface area contributed by atoms with Gasteiger partial charge in [-0.15, -0.1) is 0 Å². The summed E-state index contributed by atoms with van der Waals surface area (Å²) in [5.41, 5.74) is 3.16. The van der Waals surface area contributed by atoms with E-state index in [0.717, 1.165) is 50.2 Å². The summed E-state index contributed by atoms with van der Waals surface area (Å²) in [6.45, 7) is 6.26. The normalized spacial score (nSPS) is 17.7. The topological polar surface area (TPSA) is 80.1 Å². The van der Waals surface area contributed by atoms with Crippen LogP contribution in [-0.4, -0.2) is 51.0 Å². The van der Waals surface area contributed by atoms with Gasteiger partial charge in [0.1, 0.15) is 12.3 Å². The maximum atomic E-state index is 13.9. The van der Waals surface area contributed by atoms with Crippen molar-refractivity contribution in [3.8, 4) is 0 Å². The van der Waals surface area contributed by atoms with Crippen molar-refractivity contribution in [2.75, 3.05) is 19.7 Å². The number of hydrogen-bond acceptors (Lipinski definition) is 7. The first-order valence-electron chi connectivity index (χ1n) is 12.4. The lowest BCUT2D eigenvalue weighted by Gasteiger charge is -2.39. The number of nitrogens with zero attached hydrogens (tertiary/aromatic N) is 4. The largest absolute Gasteiger partial charge is 0.392 e. The van der Waals surface area contributed by atoms with Gasteiger partial charge >= 0.3 is 0 Å². The van der Waals surface area contributed by atoms with E-state index >= 15 is 0 Å². The number of hydrogen-bond donors (Lipinski definition) is 1. The Kier molecular flexibility index (Phi) is 7.02. The molecule has 2 aromatic heterocycles.